The third-order valence-corrected chi connectivity index (χ3v) is 5.92. The quantitative estimate of drug-likeness (QED) is 0.668. The average molecular weight is 455 g/mol. The summed E-state index contributed by atoms with van der Waals surface area (Å²) < 4.78 is 28.5. The minimum absolute atomic E-state index is 0.0757. The summed E-state index contributed by atoms with van der Waals surface area (Å²) in [5.41, 5.74) is 7.28. The number of rotatable bonds is 3. The van der Waals surface area contributed by atoms with Crippen LogP contribution in [0.15, 0.2) is 44.2 Å². The third-order valence-electron chi connectivity index (χ3n) is 2.77. The molecule has 21 heavy (non-hydrogen) atoms. The van der Waals surface area contributed by atoms with Gasteiger partial charge in [-0.25, -0.2) is 8.42 Å². The van der Waals surface area contributed by atoms with Gasteiger partial charge in [0.05, 0.1) is 10.6 Å². The molecular formula is C13H11Br2ClN2O2S. The number of aryl methyl sites for hydroxylation is 1. The lowest BCUT2D eigenvalue weighted by atomic mass is 10.2. The van der Waals surface area contributed by atoms with Crippen molar-refractivity contribution < 1.29 is 8.42 Å². The lowest BCUT2D eigenvalue weighted by molar-refractivity contribution is 0.601. The van der Waals surface area contributed by atoms with Crippen LogP contribution in [-0.4, -0.2) is 8.42 Å². The van der Waals surface area contributed by atoms with Crippen LogP contribution in [0, 0.1) is 6.92 Å². The number of nitrogens with two attached hydrogens (primary N) is 1. The van der Waals surface area contributed by atoms with Crippen LogP contribution in [0.2, 0.25) is 5.02 Å². The number of nitrogen functional groups attached to an aromatic ring is 1. The monoisotopic (exact) mass is 452 g/mol. The molecule has 0 fully saturated rings. The summed E-state index contributed by atoms with van der Waals surface area (Å²) in [4.78, 5) is 0.0757. The molecule has 0 aliphatic heterocycles. The summed E-state index contributed by atoms with van der Waals surface area (Å²) in [6.07, 6.45) is 0. The van der Waals surface area contributed by atoms with E-state index in [1.54, 1.807) is 18.2 Å². The van der Waals surface area contributed by atoms with E-state index in [1.165, 1.54) is 12.1 Å². The molecule has 0 heterocycles. The molecule has 0 aliphatic rings. The van der Waals surface area contributed by atoms with Crippen molar-refractivity contribution in [3.8, 4) is 0 Å². The first kappa shape index (κ1) is 16.6. The zero-order chi connectivity index (χ0) is 15.8. The number of anilines is 2. The summed E-state index contributed by atoms with van der Waals surface area (Å²) in [6, 6.07) is 7.74. The largest absolute Gasteiger partial charge is 0.398 e. The molecule has 0 unspecified atom stereocenters. The van der Waals surface area contributed by atoms with Gasteiger partial charge in [-0.05, 0) is 74.7 Å². The molecule has 0 aromatic heterocycles. The molecule has 0 saturated carbocycles. The van der Waals surface area contributed by atoms with E-state index in [1.807, 2.05) is 6.92 Å². The first-order valence-electron chi connectivity index (χ1n) is 5.74. The Bertz CT molecular complexity index is 810. The Kier molecular flexibility index (Phi) is 4.87. The molecule has 0 atom stereocenters. The van der Waals surface area contributed by atoms with E-state index in [-0.39, 0.29) is 4.90 Å². The second-order valence-corrected chi connectivity index (χ2v) is 8.17. The van der Waals surface area contributed by atoms with Crippen LogP contribution in [0.3, 0.4) is 0 Å². The Morgan fingerprint density at radius 3 is 2.43 bits per heavy atom. The van der Waals surface area contributed by atoms with Gasteiger partial charge in [0.1, 0.15) is 0 Å². The normalized spacial score (nSPS) is 11.4. The molecule has 0 bridgehead atoms. The van der Waals surface area contributed by atoms with Crippen molar-refractivity contribution in [1.29, 1.82) is 0 Å². The molecule has 8 heteroatoms. The molecule has 2 aromatic carbocycles. The summed E-state index contributed by atoms with van der Waals surface area (Å²) in [7, 11) is -3.74. The minimum atomic E-state index is -3.74. The highest BCUT2D eigenvalue weighted by Gasteiger charge is 2.17. The SMILES string of the molecule is Cc1cc(Br)c(NS(=O)(=O)c2ccc(Br)c(N)c2)cc1Cl. The third kappa shape index (κ3) is 3.71. The Labute approximate surface area is 145 Å². The fraction of sp³-hybridized carbons (Fsp3) is 0.0769. The van der Waals surface area contributed by atoms with Crippen LogP contribution in [0.1, 0.15) is 5.56 Å². The standard InChI is InChI=1S/C13H11Br2ClN2O2S/c1-7-4-10(15)13(6-11(7)16)18-21(19,20)8-2-3-9(14)12(17)5-8/h2-6,18H,17H2,1H3. The maximum Gasteiger partial charge on any atom is 0.262 e. The Morgan fingerprint density at radius 2 is 1.81 bits per heavy atom. The zero-order valence-electron chi connectivity index (χ0n) is 10.8. The number of sulfonamides is 1. The van der Waals surface area contributed by atoms with Crippen LogP contribution >= 0.6 is 43.5 Å². The van der Waals surface area contributed by atoms with E-state index < -0.39 is 10.0 Å². The molecule has 4 nitrogen and oxygen atoms in total. The first-order chi connectivity index (χ1) is 9.70. The predicted molar refractivity (Wildman–Crippen MR) is 93.3 cm³/mol. The second kappa shape index (κ2) is 6.16. The molecule has 112 valence electrons. The fourth-order valence-corrected chi connectivity index (χ4v) is 3.82. The molecular weight excluding hydrogens is 443 g/mol. The van der Waals surface area contributed by atoms with Gasteiger partial charge in [0.15, 0.2) is 0 Å². The molecule has 2 rings (SSSR count). The van der Waals surface area contributed by atoms with Gasteiger partial charge in [-0.2, -0.15) is 0 Å². The molecule has 2 aromatic rings. The van der Waals surface area contributed by atoms with Crippen LogP contribution in [0.25, 0.3) is 0 Å². The van der Waals surface area contributed by atoms with E-state index in [2.05, 4.69) is 36.6 Å². The number of nitrogens with one attached hydrogen (secondary N) is 1. The van der Waals surface area contributed by atoms with Gasteiger partial charge < -0.3 is 5.73 Å². The highest BCUT2D eigenvalue weighted by molar-refractivity contribution is 9.11. The Balaban J connectivity index is 2.42. The van der Waals surface area contributed by atoms with Crippen molar-refractivity contribution in [3.05, 3.63) is 49.9 Å². The fourth-order valence-electron chi connectivity index (χ4n) is 1.62. The van der Waals surface area contributed by atoms with Crippen molar-refractivity contribution in [3.63, 3.8) is 0 Å². The Morgan fingerprint density at radius 1 is 1.14 bits per heavy atom. The highest BCUT2D eigenvalue weighted by atomic mass is 79.9. The summed E-state index contributed by atoms with van der Waals surface area (Å²) in [6.45, 7) is 1.83. The van der Waals surface area contributed by atoms with Crippen molar-refractivity contribution in [2.45, 2.75) is 11.8 Å². The van der Waals surface area contributed by atoms with Gasteiger partial charge in [-0.3, -0.25) is 4.72 Å². The molecule has 0 spiro atoms. The summed E-state index contributed by atoms with van der Waals surface area (Å²) in [5, 5.41) is 0.478. The predicted octanol–water partition coefficient (Wildman–Crippen LogP) is 4.56. The van der Waals surface area contributed by atoms with E-state index in [0.29, 0.717) is 25.3 Å². The molecule has 0 amide bonds. The highest BCUT2D eigenvalue weighted by Crippen LogP contribution is 2.31. The summed E-state index contributed by atoms with van der Waals surface area (Å²) in [5.74, 6) is 0. The molecule has 0 radical (unpaired) electrons. The molecule has 0 saturated heterocycles. The van der Waals surface area contributed by atoms with Crippen molar-refractivity contribution >= 4 is 64.9 Å². The maximum atomic E-state index is 12.4. The lowest BCUT2D eigenvalue weighted by Gasteiger charge is -2.12. The van der Waals surface area contributed by atoms with Gasteiger partial charge in [-0.1, -0.05) is 11.6 Å². The first-order valence-corrected chi connectivity index (χ1v) is 9.19. The minimum Gasteiger partial charge on any atom is -0.398 e. The van der Waals surface area contributed by atoms with Crippen LogP contribution in [-0.2, 0) is 10.0 Å². The van der Waals surface area contributed by atoms with Gasteiger partial charge >= 0.3 is 0 Å². The Hall–Kier alpha value is -0.760. The van der Waals surface area contributed by atoms with Crippen LogP contribution in [0.4, 0.5) is 11.4 Å². The molecule has 3 N–H and O–H groups in total. The van der Waals surface area contributed by atoms with Crippen LogP contribution in [0.5, 0.6) is 0 Å². The van der Waals surface area contributed by atoms with E-state index >= 15 is 0 Å². The van der Waals surface area contributed by atoms with E-state index in [4.69, 9.17) is 17.3 Å². The van der Waals surface area contributed by atoms with E-state index in [0.717, 1.165) is 5.56 Å². The van der Waals surface area contributed by atoms with Gasteiger partial charge in [0.2, 0.25) is 0 Å². The van der Waals surface area contributed by atoms with Crippen molar-refractivity contribution in [2.75, 3.05) is 10.5 Å². The van der Waals surface area contributed by atoms with Gasteiger partial charge in [0, 0.05) is 19.7 Å². The number of benzene rings is 2. The smallest absolute Gasteiger partial charge is 0.262 e. The van der Waals surface area contributed by atoms with Gasteiger partial charge in [0.25, 0.3) is 10.0 Å². The number of hydrogen-bond donors (Lipinski definition) is 2. The van der Waals surface area contributed by atoms with Crippen molar-refractivity contribution in [1.82, 2.24) is 0 Å². The lowest BCUT2D eigenvalue weighted by Crippen LogP contribution is -2.13. The second-order valence-electron chi connectivity index (χ2n) is 4.37. The van der Waals surface area contributed by atoms with Crippen molar-refractivity contribution in [2.24, 2.45) is 0 Å². The van der Waals surface area contributed by atoms with Crippen LogP contribution < -0.4 is 10.5 Å². The maximum absolute atomic E-state index is 12.4. The average Bonchev–Trinajstić information content (AvgIpc) is 2.39. The molecule has 0 aliphatic carbocycles. The van der Waals surface area contributed by atoms with E-state index in [9.17, 15) is 8.42 Å². The van der Waals surface area contributed by atoms with Gasteiger partial charge in [-0.15, -0.1) is 0 Å². The summed E-state index contributed by atoms with van der Waals surface area (Å²) >= 11 is 12.6. The number of halogens is 3. The number of hydrogen-bond acceptors (Lipinski definition) is 3. The zero-order valence-corrected chi connectivity index (χ0v) is 15.6. The topological polar surface area (TPSA) is 72.2 Å².